The Balaban J connectivity index is 0.865. The highest BCUT2D eigenvalue weighted by Gasteiger charge is 2.86. The molecule has 2 N–H and O–H groups in total. The van der Waals surface area contributed by atoms with Gasteiger partial charge in [-0.25, -0.2) is 4.79 Å². The van der Waals surface area contributed by atoms with Crippen molar-refractivity contribution in [2.24, 2.45) is 17.8 Å². The fraction of sp³-hybridized carbons (Fsp3) is 0.436. The molecule has 16 rings (SSSR count). The number of allylic oxidation sites excluding steroid dienone is 4. The van der Waals surface area contributed by atoms with Crippen LogP contribution in [0.1, 0.15) is 149 Å². The van der Waals surface area contributed by atoms with Crippen LogP contribution in [0.25, 0.3) is 27.6 Å². The van der Waals surface area contributed by atoms with E-state index in [1.54, 1.807) is 32.9 Å². The molecule has 488 valence electrons. The number of esters is 1. The molecule has 7 aliphatic heterocycles. The Bertz CT molecular complexity index is 4220. The lowest BCUT2D eigenvalue weighted by molar-refractivity contribution is -0.373. The van der Waals surface area contributed by atoms with E-state index in [0.29, 0.717) is 67.9 Å². The lowest BCUT2D eigenvalue weighted by Gasteiger charge is -2.64. The summed E-state index contributed by atoms with van der Waals surface area (Å²) < 4.78 is 53.7. The minimum absolute atomic E-state index is 0.0388. The molecule has 7 heterocycles. The topological polar surface area (TPSA) is 189 Å². The maximum Gasteiger partial charge on any atom is 0.343 e. The number of Topliss-reactive ketones (excluding diaryl/α,β-unsaturated/α-hetero) is 2. The molecule has 16 heteroatoms. The van der Waals surface area contributed by atoms with Gasteiger partial charge in [0.25, 0.3) is 0 Å². The van der Waals surface area contributed by atoms with Gasteiger partial charge in [0.1, 0.15) is 52.8 Å². The van der Waals surface area contributed by atoms with Crippen molar-refractivity contribution >= 4 is 51.1 Å². The van der Waals surface area contributed by atoms with Gasteiger partial charge in [0, 0.05) is 61.6 Å². The third-order valence-corrected chi connectivity index (χ3v) is 21.6. The van der Waals surface area contributed by atoms with Crippen LogP contribution in [0.2, 0.25) is 0 Å². The SMILES string of the molecule is CC(C)=CCCC1(C)C=Cc2c(c(CC=C(C)C)c3c(c2OC(=O)c2ccc(O[C@@H]4O[C@@H]5COC(C)(C)O[C@H]5[C@H](O)[C@H]4O)cc2)C(=O)C2C(N4Cc5cccc6cccc(c56)C4)C4CC5C(C)(C)OC(C/C=C(/C)C(=O)N6Cc7cccc8cccc(c78)C6)(C4=O)C25O3)O1. The molecule has 0 aromatic heterocycles. The van der Waals surface area contributed by atoms with Crippen molar-refractivity contribution in [1.29, 1.82) is 0 Å². The second kappa shape index (κ2) is 22.7. The molecule has 3 aliphatic carbocycles. The molecule has 6 aromatic carbocycles. The predicted molar refractivity (Wildman–Crippen MR) is 353 cm³/mol. The first-order valence-corrected chi connectivity index (χ1v) is 33.2. The summed E-state index contributed by atoms with van der Waals surface area (Å²) in [5.74, 6) is -4.07. The molecule has 16 nitrogen and oxygen atoms in total. The van der Waals surface area contributed by atoms with E-state index in [2.05, 4.69) is 91.6 Å². The second-order valence-electron chi connectivity index (χ2n) is 29.2. The van der Waals surface area contributed by atoms with E-state index in [-0.39, 0.29) is 65.3 Å². The Labute approximate surface area is 548 Å². The third-order valence-electron chi connectivity index (χ3n) is 21.6. The van der Waals surface area contributed by atoms with Gasteiger partial charge in [0.05, 0.1) is 29.3 Å². The van der Waals surface area contributed by atoms with Gasteiger partial charge in [-0.15, -0.1) is 0 Å². The molecule has 94 heavy (non-hydrogen) atoms. The van der Waals surface area contributed by atoms with Gasteiger partial charge in [-0.05, 0) is 175 Å². The number of hydrogen-bond donors (Lipinski definition) is 2. The van der Waals surface area contributed by atoms with E-state index in [1.165, 1.54) is 23.1 Å². The number of ether oxygens (including phenoxy) is 8. The smallest absolute Gasteiger partial charge is 0.343 e. The summed E-state index contributed by atoms with van der Waals surface area (Å²) in [6, 6.07) is 30.4. The fourth-order valence-corrected chi connectivity index (χ4v) is 17.3. The summed E-state index contributed by atoms with van der Waals surface area (Å²) in [7, 11) is 0. The molecule has 0 radical (unpaired) electrons. The van der Waals surface area contributed by atoms with Crippen LogP contribution < -0.4 is 18.9 Å². The number of fused-ring (bicyclic) bond motifs is 3. The van der Waals surface area contributed by atoms with Crippen LogP contribution in [0.15, 0.2) is 138 Å². The van der Waals surface area contributed by atoms with Crippen molar-refractivity contribution in [2.45, 2.75) is 192 Å². The van der Waals surface area contributed by atoms with Gasteiger partial charge in [0.15, 0.2) is 34.3 Å². The van der Waals surface area contributed by atoms with Crippen LogP contribution in [0.4, 0.5) is 0 Å². The summed E-state index contributed by atoms with van der Waals surface area (Å²) in [4.78, 5) is 68.6. The monoisotopic (exact) mass is 1270 g/mol. The van der Waals surface area contributed by atoms with E-state index < -0.39 is 88.7 Å². The van der Waals surface area contributed by atoms with Crippen LogP contribution in [0.3, 0.4) is 0 Å². The molecule has 6 aromatic rings. The number of nitrogens with zero attached hydrogens (tertiary/aromatic N) is 2. The van der Waals surface area contributed by atoms with Crippen molar-refractivity contribution in [3.63, 3.8) is 0 Å². The zero-order valence-corrected chi connectivity index (χ0v) is 55.1. The van der Waals surface area contributed by atoms with Crippen molar-refractivity contribution in [2.75, 3.05) is 6.61 Å². The lowest BCUT2D eigenvalue weighted by Crippen LogP contribution is -2.82. The number of aliphatic hydroxyl groups excluding tert-OH is 2. The zero-order valence-electron chi connectivity index (χ0n) is 55.1. The Morgan fingerprint density at radius 3 is 1.99 bits per heavy atom. The normalized spacial score (nSPS) is 30.5. The molecule has 4 bridgehead atoms. The second-order valence-corrected chi connectivity index (χ2v) is 29.2. The van der Waals surface area contributed by atoms with E-state index in [1.807, 2.05) is 69.9 Å². The minimum Gasteiger partial charge on any atom is -0.482 e. The Morgan fingerprint density at radius 1 is 0.734 bits per heavy atom. The van der Waals surface area contributed by atoms with Gasteiger partial charge < -0.3 is 53.0 Å². The van der Waals surface area contributed by atoms with E-state index in [9.17, 15) is 10.2 Å². The number of carbonyl (C=O) groups is 4. The van der Waals surface area contributed by atoms with E-state index >= 15 is 19.2 Å². The Hall–Kier alpha value is -7.80. The molecule has 12 atom stereocenters. The first kappa shape index (κ1) is 62.3. The quantitative estimate of drug-likeness (QED) is 0.0480. The van der Waals surface area contributed by atoms with Gasteiger partial charge in [-0.3, -0.25) is 19.3 Å². The summed E-state index contributed by atoms with van der Waals surface area (Å²) in [6.45, 7) is 21.2. The largest absolute Gasteiger partial charge is 0.482 e. The van der Waals surface area contributed by atoms with Crippen molar-refractivity contribution in [3.05, 3.63) is 183 Å². The molecule has 6 fully saturated rings. The number of carbonyl (C=O) groups excluding carboxylic acids is 4. The van der Waals surface area contributed by atoms with Gasteiger partial charge in [0.2, 0.25) is 12.2 Å². The highest BCUT2D eigenvalue weighted by molar-refractivity contribution is 6.11. The number of rotatable bonds is 13. The zero-order chi connectivity index (χ0) is 65.7. The number of hydrogen-bond acceptors (Lipinski definition) is 15. The first-order chi connectivity index (χ1) is 44.9. The molecule has 10 aliphatic rings. The standard InChI is InChI=1S/C78H82N2O14/c1-42(2)16-15-33-76(10)34-32-54-66(92-76)53(30-25-43(3)4)68-60(67(54)90-72(86)47-26-28-52(29-27-47)88-73-65(83)64(82)69-56(89-73)41-87-75(8,9)91-69)63(81)61-62(79-37-48-21-11-17-45-18-12-22-49(38-79)58(45)48)55-36-57-74(6,7)94-77(70(55)84,78(57,61)93-68)35-31-44(5)71(85)80-39-50-23-13-19-46-20-14-24-51(40-80)59(46)50/h11-14,16-29,31-32,34,55-57,61-62,64-65,69,73,82-83H,15,30,33,35-41H2,1-10H3/b44-31-/t55?,56-,57?,61?,62?,64-,65-,69-,73-,76?,77?,78?/m1/s1. The van der Waals surface area contributed by atoms with E-state index in [4.69, 9.17) is 37.9 Å². The van der Waals surface area contributed by atoms with Crippen LogP contribution in [-0.2, 0) is 61.1 Å². The summed E-state index contributed by atoms with van der Waals surface area (Å²) in [5.41, 5.74) is 2.67. The van der Waals surface area contributed by atoms with E-state index in [0.717, 1.165) is 44.0 Å². The van der Waals surface area contributed by atoms with Crippen molar-refractivity contribution in [3.8, 4) is 23.0 Å². The number of amides is 1. The summed E-state index contributed by atoms with van der Waals surface area (Å²) >= 11 is 0. The highest BCUT2D eigenvalue weighted by atomic mass is 16.8. The number of benzene rings is 6. The number of aliphatic hydroxyl groups is 2. The van der Waals surface area contributed by atoms with Crippen LogP contribution >= 0.6 is 0 Å². The predicted octanol–water partition coefficient (Wildman–Crippen LogP) is 12.6. The van der Waals surface area contributed by atoms with Gasteiger partial charge in [-0.1, -0.05) is 102 Å². The maximum absolute atomic E-state index is 17.5. The summed E-state index contributed by atoms with van der Waals surface area (Å²) in [5, 5.41) is 27.0. The molecule has 3 saturated carbocycles. The molecule has 1 spiro atoms. The first-order valence-electron chi connectivity index (χ1n) is 33.2. The number of ketones is 2. The minimum atomic E-state index is -1.79. The third kappa shape index (κ3) is 9.94. The molecule has 3 saturated heterocycles. The average molecular weight is 1270 g/mol. The molecular formula is C78H82N2O14. The Morgan fingerprint density at radius 2 is 1.36 bits per heavy atom. The highest BCUT2D eigenvalue weighted by Crippen LogP contribution is 2.71. The van der Waals surface area contributed by atoms with Crippen LogP contribution in [0, 0.1) is 17.8 Å². The molecule has 1 amide bonds. The maximum atomic E-state index is 17.5. The van der Waals surface area contributed by atoms with Crippen molar-refractivity contribution in [1.82, 2.24) is 9.80 Å². The summed E-state index contributed by atoms with van der Waals surface area (Å²) in [6.07, 6.45) is 6.11. The van der Waals surface area contributed by atoms with Gasteiger partial charge >= 0.3 is 5.97 Å². The molecular weight excluding hydrogens is 1190 g/mol. The van der Waals surface area contributed by atoms with Crippen molar-refractivity contribution < 1.29 is 67.3 Å². The Kier molecular flexibility index (Phi) is 15.0. The van der Waals surface area contributed by atoms with Gasteiger partial charge in [-0.2, -0.15) is 0 Å². The molecule has 7 unspecified atom stereocenters. The fourth-order valence-electron chi connectivity index (χ4n) is 17.3. The lowest BCUT2D eigenvalue weighted by atomic mass is 9.44. The van der Waals surface area contributed by atoms with Crippen LogP contribution in [-0.4, -0.2) is 115 Å². The average Bonchev–Trinajstić information content (AvgIpc) is 1.39. The van der Waals surface area contributed by atoms with Crippen LogP contribution in [0.5, 0.6) is 23.0 Å².